The number of benzene rings is 1. The molecule has 17 heavy (non-hydrogen) atoms. The maximum Gasteiger partial charge on any atom is 0.327 e. The summed E-state index contributed by atoms with van der Waals surface area (Å²) in [5.41, 5.74) is 0.225. The van der Waals surface area contributed by atoms with Crippen LogP contribution in [0.2, 0.25) is 0 Å². The maximum absolute atomic E-state index is 13.1. The van der Waals surface area contributed by atoms with E-state index in [9.17, 15) is 13.6 Å². The van der Waals surface area contributed by atoms with Crippen LogP contribution in [0.25, 0.3) is 0 Å². The first kappa shape index (κ1) is 13.6. The van der Waals surface area contributed by atoms with Crippen LogP contribution < -0.4 is 5.32 Å². The predicted molar refractivity (Wildman–Crippen MR) is 59.4 cm³/mol. The summed E-state index contributed by atoms with van der Waals surface area (Å²) >= 11 is 0. The Morgan fingerprint density at radius 1 is 1.29 bits per heavy atom. The van der Waals surface area contributed by atoms with Crippen molar-refractivity contribution in [3.8, 4) is 0 Å². The van der Waals surface area contributed by atoms with E-state index in [2.05, 4.69) is 5.32 Å². The Bertz CT molecular complexity index is 376. The van der Waals surface area contributed by atoms with E-state index in [0.29, 0.717) is 6.54 Å². The molecule has 1 atom stereocenters. The Morgan fingerprint density at radius 3 is 2.35 bits per heavy atom. The van der Waals surface area contributed by atoms with Crippen LogP contribution in [0.4, 0.5) is 8.78 Å². The van der Waals surface area contributed by atoms with Crippen LogP contribution >= 0.6 is 0 Å². The minimum Gasteiger partial charge on any atom is -0.465 e. The molecule has 3 nitrogen and oxygen atoms in total. The largest absolute Gasteiger partial charge is 0.465 e. The number of ether oxygens (including phenoxy) is 1. The maximum atomic E-state index is 13.1. The molecule has 0 aliphatic rings. The quantitative estimate of drug-likeness (QED) is 0.805. The second-order valence-electron chi connectivity index (χ2n) is 3.45. The minimum absolute atomic E-state index is 0.221. The summed E-state index contributed by atoms with van der Waals surface area (Å²) in [6, 6.07) is 2.16. The summed E-state index contributed by atoms with van der Waals surface area (Å²) in [6.45, 7) is 4.18. The minimum atomic E-state index is -0.842. The smallest absolute Gasteiger partial charge is 0.327 e. The molecule has 1 unspecified atom stereocenters. The van der Waals surface area contributed by atoms with Crippen LogP contribution in [0.1, 0.15) is 25.5 Å². The zero-order chi connectivity index (χ0) is 12.8. The topological polar surface area (TPSA) is 38.3 Å². The van der Waals surface area contributed by atoms with Crippen molar-refractivity contribution in [2.75, 3.05) is 13.2 Å². The molecule has 0 aliphatic carbocycles. The summed E-state index contributed by atoms with van der Waals surface area (Å²) in [7, 11) is 0. The van der Waals surface area contributed by atoms with Gasteiger partial charge in [0, 0.05) is 6.07 Å². The second kappa shape index (κ2) is 6.30. The third-order valence-corrected chi connectivity index (χ3v) is 2.15. The number of esters is 1. The van der Waals surface area contributed by atoms with Crippen molar-refractivity contribution in [1.82, 2.24) is 5.32 Å². The van der Waals surface area contributed by atoms with Gasteiger partial charge in [-0.25, -0.2) is 13.6 Å². The molecule has 0 aromatic heterocycles. The first-order valence-electron chi connectivity index (χ1n) is 5.44. The third kappa shape index (κ3) is 3.78. The molecular formula is C12H15F2NO2. The molecule has 0 spiro atoms. The number of halogens is 2. The molecule has 0 saturated carbocycles. The van der Waals surface area contributed by atoms with Crippen LogP contribution in [-0.4, -0.2) is 19.1 Å². The van der Waals surface area contributed by atoms with Gasteiger partial charge in [0.15, 0.2) is 0 Å². The lowest BCUT2D eigenvalue weighted by Crippen LogP contribution is -2.30. The lowest BCUT2D eigenvalue weighted by molar-refractivity contribution is -0.145. The van der Waals surface area contributed by atoms with Crippen molar-refractivity contribution in [2.24, 2.45) is 0 Å². The Labute approximate surface area is 98.8 Å². The molecule has 0 heterocycles. The number of carbonyl (C=O) groups is 1. The van der Waals surface area contributed by atoms with Crippen LogP contribution in [0.5, 0.6) is 0 Å². The summed E-state index contributed by atoms with van der Waals surface area (Å²) < 4.78 is 31.0. The summed E-state index contributed by atoms with van der Waals surface area (Å²) in [5, 5.41) is 2.83. The molecule has 1 N–H and O–H groups in total. The van der Waals surface area contributed by atoms with E-state index in [0.717, 1.165) is 18.2 Å². The molecule has 0 amide bonds. The van der Waals surface area contributed by atoms with Gasteiger partial charge < -0.3 is 10.1 Å². The van der Waals surface area contributed by atoms with Gasteiger partial charge >= 0.3 is 5.97 Å². The van der Waals surface area contributed by atoms with E-state index >= 15 is 0 Å². The van der Waals surface area contributed by atoms with Crippen LogP contribution in [-0.2, 0) is 9.53 Å². The molecule has 1 aromatic carbocycles. The van der Waals surface area contributed by atoms with Crippen molar-refractivity contribution >= 4 is 5.97 Å². The van der Waals surface area contributed by atoms with Gasteiger partial charge in [-0.1, -0.05) is 6.92 Å². The van der Waals surface area contributed by atoms with E-state index in [1.807, 2.05) is 0 Å². The lowest BCUT2D eigenvalue weighted by atomic mass is 10.1. The number of hydrogen-bond acceptors (Lipinski definition) is 3. The van der Waals surface area contributed by atoms with Gasteiger partial charge in [0.2, 0.25) is 0 Å². The number of nitrogens with one attached hydrogen (secondary N) is 1. The fourth-order valence-electron chi connectivity index (χ4n) is 1.51. The molecular weight excluding hydrogens is 228 g/mol. The van der Waals surface area contributed by atoms with Crippen LogP contribution in [0, 0.1) is 11.6 Å². The first-order valence-corrected chi connectivity index (χ1v) is 5.44. The number of likely N-dealkylation sites (N-methyl/N-ethyl adjacent to an activating group) is 1. The van der Waals surface area contributed by atoms with Crippen molar-refractivity contribution in [3.63, 3.8) is 0 Å². The lowest BCUT2D eigenvalue weighted by Gasteiger charge is -2.16. The fraction of sp³-hybridized carbons (Fsp3) is 0.417. The zero-order valence-electron chi connectivity index (χ0n) is 9.80. The molecule has 5 heteroatoms. The molecule has 1 rings (SSSR count). The normalized spacial score (nSPS) is 12.2. The van der Waals surface area contributed by atoms with Gasteiger partial charge in [0.05, 0.1) is 6.61 Å². The monoisotopic (exact) mass is 243 g/mol. The highest BCUT2D eigenvalue weighted by Gasteiger charge is 2.21. The van der Waals surface area contributed by atoms with Crippen LogP contribution in [0.3, 0.4) is 0 Å². The number of rotatable bonds is 5. The highest BCUT2D eigenvalue weighted by molar-refractivity contribution is 5.77. The highest BCUT2D eigenvalue weighted by atomic mass is 19.1. The SMILES string of the molecule is CCNC(C(=O)OCC)c1cc(F)cc(F)c1. The van der Waals surface area contributed by atoms with E-state index in [1.165, 1.54) is 0 Å². The standard InChI is InChI=1S/C12H15F2NO2/c1-3-15-11(12(16)17-4-2)8-5-9(13)7-10(14)6-8/h5-7,11,15H,3-4H2,1-2H3. The van der Waals surface area contributed by atoms with Crippen molar-refractivity contribution in [2.45, 2.75) is 19.9 Å². The molecule has 0 aliphatic heterocycles. The highest BCUT2D eigenvalue weighted by Crippen LogP contribution is 2.17. The molecule has 1 aromatic rings. The summed E-state index contributed by atoms with van der Waals surface area (Å²) in [4.78, 5) is 11.6. The predicted octanol–water partition coefficient (Wildman–Crippen LogP) is 2.18. The Hall–Kier alpha value is -1.49. The van der Waals surface area contributed by atoms with E-state index in [1.54, 1.807) is 13.8 Å². The molecule has 94 valence electrons. The summed E-state index contributed by atoms with van der Waals surface area (Å²) in [5.74, 6) is -1.97. The van der Waals surface area contributed by atoms with Gasteiger partial charge in [0.1, 0.15) is 17.7 Å². The number of carbonyl (C=O) groups excluding carboxylic acids is 1. The second-order valence-corrected chi connectivity index (χ2v) is 3.45. The molecule has 0 saturated heterocycles. The Balaban J connectivity index is 3.00. The molecule has 0 bridgehead atoms. The zero-order valence-corrected chi connectivity index (χ0v) is 9.80. The average Bonchev–Trinajstić information content (AvgIpc) is 2.24. The third-order valence-electron chi connectivity index (χ3n) is 2.15. The molecule has 0 fully saturated rings. The van der Waals surface area contributed by atoms with Gasteiger partial charge in [-0.05, 0) is 31.2 Å². The van der Waals surface area contributed by atoms with E-state index < -0.39 is 23.6 Å². The van der Waals surface area contributed by atoms with Crippen molar-refractivity contribution in [3.05, 3.63) is 35.4 Å². The van der Waals surface area contributed by atoms with Gasteiger partial charge in [-0.3, -0.25) is 0 Å². The Kier molecular flexibility index (Phi) is 5.03. The first-order chi connectivity index (χ1) is 8.08. The van der Waals surface area contributed by atoms with Gasteiger partial charge in [0.25, 0.3) is 0 Å². The summed E-state index contributed by atoms with van der Waals surface area (Å²) in [6.07, 6.45) is 0. The fourth-order valence-corrected chi connectivity index (χ4v) is 1.51. The van der Waals surface area contributed by atoms with Crippen molar-refractivity contribution < 1.29 is 18.3 Å². The Morgan fingerprint density at radius 2 is 1.88 bits per heavy atom. The van der Waals surface area contributed by atoms with E-state index in [-0.39, 0.29) is 12.2 Å². The average molecular weight is 243 g/mol. The van der Waals surface area contributed by atoms with Gasteiger partial charge in [-0.15, -0.1) is 0 Å². The molecule has 0 radical (unpaired) electrons. The van der Waals surface area contributed by atoms with Crippen LogP contribution in [0.15, 0.2) is 18.2 Å². The van der Waals surface area contributed by atoms with E-state index in [4.69, 9.17) is 4.74 Å². The van der Waals surface area contributed by atoms with Gasteiger partial charge in [-0.2, -0.15) is 0 Å². The van der Waals surface area contributed by atoms with Crippen molar-refractivity contribution in [1.29, 1.82) is 0 Å². The number of hydrogen-bond donors (Lipinski definition) is 1.